The number of para-hydroxylation sites is 1. The molecule has 1 N–H and O–H groups in total. The maximum absolute atomic E-state index is 12.7. The summed E-state index contributed by atoms with van der Waals surface area (Å²) in [6, 6.07) is 18.5. The summed E-state index contributed by atoms with van der Waals surface area (Å²) in [6.07, 6.45) is 3.60. The van der Waals surface area contributed by atoms with Crippen LogP contribution in [0.3, 0.4) is 0 Å². The second kappa shape index (κ2) is 9.10. The van der Waals surface area contributed by atoms with Crippen molar-refractivity contribution in [1.29, 1.82) is 5.26 Å². The smallest absolute Gasteiger partial charge is 0.262 e. The van der Waals surface area contributed by atoms with E-state index in [1.54, 1.807) is 10.9 Å². The molecule has 2 aromatic carbocycles. The molecule has 9 heteroatoms. The summed E-state index contributed by atoms with van der Waals surface area (Å²) >= 11 is 3.42. The molecule has 1 aliphatic rings. The Morgan fingerprint density at radius 2 is 1.91 bits per heavy atom. The first-order chi connectivity index (χ1) is 15.3. The fraction of sp³-hybridized carbons (Fsp3) is 0.174. The second-order valence-electron chi connectivity index (χ2n) is 7.46. The lowest BCUT2D eigenvalue weighted by Crippen LogP contribution is -2.36. The number of carbonyl (C=O) groups excluding carboxylic acids is 1. The van der Waals surface area contributed by atoms with Gasteiger partial charge in [-0.3, -0.25) is 4.79 Å². The monoisotopic (exact) mass is 510 g/mol. The van der Waals surface area contributed by atoms with Gasteiger partial charge in [0.1, 0.15) is 11.6 Å². The first-order valence-electron chi connectivity index (χ1n) is 9.89. The number of benzene rings is 2. The van der Waals surface area contributed by atoms with Crippen LogP contribution in [0.2, 0.25) is 0 Å². The van der Waals surface area contributed by atoms with Crippen molar-refractivity contribution < 1.29 is 13.2 Å². The molecular weight excluding hydrogens is 492 g/mol. The summed E-state index contributed by atoms with van der Waals surface area (Å²) in [5, 5.41) is 17.0. The third-order valence-electron chi connectivity index (χ3n) is 5.11. The van der Waals surface area contributed by atoms with E-state index in [1.165, 1.54) is 6.08 Å². The molecular formula is C23H19BrN4O3S. The van der Waals surface area contributed by atoms with Crippen LogP contribution in [0.1, 0.15) is 12.0 Å². The van der Waals surface area contributed by atoms with Gasteiger partial charge in [-0.05, 0) is 36.8 Å². The quantitative estimate of drug-likeness (QED) is 0.417. The first-order valence-corrected chi connectivity index (χ1v) is 12.5. The van der Waals surface area contributed by atoms with Crippen LogP contribution < -0.4 is 5.32 Å². The summed E-state index contributed by atoms with van der Waals surface area (Å²) in [7, 11) is -3.14. The van der Waals surface area contributed by atoms with Gasteiger partial charge in [0.25, 0.3) is 5.91 Å². The number of nitrogens with zero attached hydrogens (tertiary/aromatic N) is 3. The molecule has 0 radical (unpaired) electrons. The van der Waals surface area contributed by atoms with Gasteiger partial charge in [-0.1, -0.05) is 46.3 Å². The molecule has 0 aliphatic carbocycles. The zero-order valence-electron chi connectivity index (χ0n) is 16.9. The van der Waals surface area contributed by atoms with Gasteiger partial charge in [-0.25, -0.2) is 13.1 Å². The van der Waals surface area contributed by atoms with Crippen LogP contribution >= 0.6 is 15.9 Å². The van der Waals surface area contributed by atoms with Crippen molar-refractivity contribution >= 4 is 37.8 Å². The standard InChI is InChI=1S/C23H19BrN4O3S/c24-19-8-6-16(7-9-19)22-18(14-28(27-22)21-4-2-1-3-5-21)12-17(13-25)23(29)26-20-10-11-32(30,31)15-20/h1-9,12,14,20H,10-11,15H2,(H,26,29)/b17-12+/t20-/m0/s1. The van der Waals surface area contributed by atoms with Crippen molar-refractivity contribution in [2.24, 2.45) is 0 Å². The van der Waals surface area contributed by atoms with Gasteiger partial charge >= 0.3 is 0 Å². The Kier molecular flexibility index (Phi) is 6.26. The number of hydrogen-bond donors (Lipinski definition) is 1. The average Bonchev–Trinajstić information content (AvgIpc) is 3.35. The Hall–Kier alpha value is -3.22. The normalized spacial score (nSPS) is 17.6. The Morgan fingerprint density at radius 3 is 2.53 bits per heavy atom. The summed E-state index contributed by atoms with van der Waals surface area (Å²) in [4.78, 5) is 12.7. The lowest BCUT2D eigenvalue weighted by molar-refractivity contribution is -0.117. The SMILES string of the molecule is N#C/C(=C\c1cn(-c2ccccc2)nc1-c1ccc(Br)cc1)C(=O)N[C@H]1CCS(=O)(=O)C1. The molecule has 1 fully saturated rings. The maximum Gasteiger partial charge on any atom is 0.262 e. The molecule has 3 aromatic rings. The highest BCUT2D eigenvalue weighted by Gasteiger charge is 2.29. The zero-order chi connectivity index (χ0) is 22.7. The molecule has 32 heavy (non-hydrogen) atoms. The number of aromatic nitrogens is 2. The minimum atomic E-state index is -3.14. The number of halogens is 1. The first kappa shape index (κ1) is 22.0. The van der Waals surface area contributed by atoms with Gasteiger partial charge in [0.2, 0.25) is 0 Å². The van der Waals surface area contributed by atoms with Crippen molar-refractivity contribution in [1.82, 2.24) is 15.1 Å². The predicted octanol–water partition coefficient (Wildman–Crippen LogP) is 3.51. The molecule has 2 heterocycles. The van der Waals surface area contributed by atoms with Crippen LogP contribution in [0.4, 0.5) is 0 Å². The Labute approximate surface area is 194 Å². The number of rotatable bonds is 5. The number of hydrogen-bond acceptors (Lipinski definition) is 5. The van der Waals surface area contributed by atoms with Crippen LogP contribution in [-0.2, 0) is 14.6 Å². The van der Waals surface area contributed by atoms with Crippen LogP contribution in [0.5, 0.6) is 0 Å². The zero-order valence-corrected chi connectivity index (χ0v) is 19.3. The van der Waals surface area contributed by atoms with Crippen LogP contribution in [0.15, 0.2) is 70.8 Å². The minimum absolute atomic E-state index is 0.0428. The van der Waals surface area contributed by atoms with E-state index in [0.29, 0.717) is 17.7 Å². The molecule has 0 spiro atoms. The van der Waals surface area contributed by atoms with Crippen molar-refractivity contribution in [3.05, 3.63) is 76.4 Å². The van der Waals surface area contributed by atoms with E-state index in [0.717, 1.165) is 15.7 Å². The van der Waals surface area contributed by atoms with E-state index in [-0.39, 0.29) is 17.1 Å². The number of amides is 1. The lowest BCUT2D eigenvalue weighted by Gasteiger charge is -2.09. The topological polar surface area (TPSA) is 105 Å². The van der Waals surface area contributed by atoms with E-state index in [1.807, 2.05) is 60.7 Å². The van der Waals surface area contributed by atoms with Gasteiger partial charge < -0.3 is 5.32 Å². The Bertz CT molecular complexity index is 1320. The highest BCUT2D eigenvalue weighted by Crippen LogP contribution is 2.27. The number of nitriles is 1. The highest BCUT2D eigenvalue weighted by molar-refractivity contribution is 9.10. The predicted molar refractivity (Wildman–Crippen MR) is 125 cm³/mol. The largest absolute Gasteiger partial charge is 0.348 e. The molecule has 1 aromatic heterocycles. The average molecular weight is 511 g/mol. The molecule has 0 unspecified atom stereocenters. The summed E-state index contributed by atoms with van der Waals surface area (Å²) in [5.41, 5.74) is 2.77. The fourth-order valence-electron chi connectivity index (χ4n) is 3.51. The third-order valence-corrected chi connectivity index (χ3v) is 7.41. The van der Waals surface area contributed by atoms with Crippen molar-refractivity contribution in [2.45, 2.75) is 12.5 Å². The van der Waals surface area contributed by atoms with Crippen LogP contribution in [0, 0.1) is 11.3 Å². The van der Waals surface area contributed by atoms with Crippen molar-refractivity contribution in [3.63, 3.8) is 0 Å². The number of sulfone groups is 1. The van der Waals surface area contributed by atoms with E-state index in [2.05, 4.69) is 26.3 Å². The highest BCUT2D eigenvalue weighted by atomic mass is 79.9. The van der Waals surface area contributed by atoms with E-state index in [4.69, 9.17) is 0 Å². The minimum Gasteiger partial charge on any atom is -0.348 e. The maximum atomic E-state index is 12.7. The number of nitrogens with one attached hydrogen (secondary N) is 1. The number of carbonyl (C=O) groups is 1. The van der Waals surface area contributed by atoms with E-state index < -0.39 is 21.8 Å². The molecule has 1 aliphatic heterocycles. The lowest BCUT2D eigenvalue weighted by atomic mass is 10.1. The van der Waals surface area contributed by atoms with Gasteiger partial charge in [0.15, 0.2) is 9.84 Å². The fourth-order valence-corrected chi connectivity index (χ4v) is 5.45. The van der Waals surface area contributed by atoms with Gasteiger partial charge in [0, 0.05) is 27.8 Å². The molecule has 0 bridgehead atoms. The molecule has 1 atom stereocenters. The molecule has 7 nitrogen and oxygen atoms in total. The van der Waals surface area contributed by atoms with Gasteiger partial charge in [-0.15, -0.1) is 0 Å². The summed E-state index contributed by atoms with van der Waals surface area (Å²) in [6.45, 7) is 0. The summed E-state index contributed by atoms with van der Waals surface area (Å²) < 4.78 is 26.0. The third kappa shape index (κ3) is 4.98. The molecule has 0 saturated carbocycles. The second-order valence-corrected chi connectivity index (χ2v) is 10.6. The molecule has 4 rings (SSSR count). The van der Waals surface area contributed by atoms with E-state index >= 15 is 0 Å². The molecule has 162 valence electrons. The van der Waals surface area contributed by atoms with Gasteiger partial charge in [0.05, 0.1) is 22.9 Å². The molecule has 1 saturated heterocycles. The molecule has 1 amide bonds. The summed E-state index contributed by atoms with van der Waals surface area (Å²) in [5.74, 6) is -0.655. The van der Waals surface area contributed by atoms with Crippen LogP contribution in [0.25, 0.3) is 23.0 Å². The Balaban J connectivity index is 1.71. The van der Waals surface area contributed by atoms with Crippen molar-refractivity contribution in [3.8, 4) is 23.0 Å². The van der Waals surface area contributed by atoms with E-state index in [9.17, 15) is 18.5 Å². The van der Waals surface area contributed by atoms with Gasteiger partial charge in [-0.2, -0.15) is 10.4 Å². The Morgan fingerprint density at radius 1 is 1.19 bits per heavy atom. The van der Waals surface area contributed by atoms with Crippen molar-refractivity contribution in [2.75, 3.05) is 11.5 Å². The van der Waals surface area contributed by atoms with Crippen LogP contribution in [-0.4, -0.2) is 41.7 Å².